The van der Waals surface area contributed by atoms with E-state index in [1.54, 1.807) is 0 Å². The molecule has 0 amide bonds. The summed E-state index contributed by atoms with van der Waals surface area (Å²) in [6.45, 7) is 0. The highest BCUT2D eigenvalue weighted by atomic mass is 16.5. The molecule has 108 valence electrons. The van der Waals surface area contributed by atoms with Gasteiger partial charge in [-0.15, -0.1) is 0 Å². The zero-order valence-electron chi connectivity index (χ0n) is 12.1. The lowest BCUT2D eigenvalue weighted by Crippen LogP contribution is -2.23. The van der Waals surface area contributed by atoms with E-state index in [4.69, 9.17) is 10.5 Å². The van der Waals surface area contributed by atoms with E-state index in [0.717, 1.165) is 36.1 Å². The Labute approximate surface area is 124 Å². The maximum atomic E-state index is 11.7. The number of methoxy groups -OCH3 is 1. The van der Waals surface area contributed by atoms with Gasteiger partial charge in [0, 0.05) is 5.69 Å². The molecule has 21 heavy (non-hydrogen) atoms. The van der Waals surface area contributed by atoms with Crippen molar-refractivity contribution in [1.29, 1.82) is 0 Å². The largest absolute Gasteiger partial charge is 0.469 e. The number of hydrogen-bond donors (Lipinski definition) is 1. The van der Waals surface area contributed by atoms with E-state index in [1.807, 2.05) is 18.2 Å². The summed E-state index contributed by atoms with van der Waals surface area (Å²) >= 11 is 0. The predicted molar refractivity (Wildman–Crippen MR) is 83.8 cm³/mol. The van der Waals surface area contributed by atoms with Crippen LogP contribution in [0.4, 0.5) is 5.69 Å². The zero-order valence-corrected chi connectivity index (χ0v) is 12.1. The van der Waals surface area contributed by atoms with Crippen molar-refractivity contribution in [3.05, 3.63) is 53.6 Å². The van der Waals surface area contributed by atoms with Crippen LogP contribution >= 0.6 is 0 Å². The number of ether oxygens (including phenoxy) is 1. The van der Waals surface area contributed by atoms with Gasteiger partial charge in [-0.25, -0.2) is 0 Å². The van der Waals surface area contributed by atoms with Crippen molar-refractivity contribution >= 4 is 11.7 Å². The Hall–Kier alpha value is -2.29. The van der Waals surface area contributed by atoms with Gasteiger partial charge in [0.1, 0.15) is 0 Å². The number of esters is 1. The number of aryl methyl sites for hydroxylation is 1. The van der Waals surface area contributed by atoms with E-state index in [0.29, 0.717) is 0 Å². The quantitative estimate of drug-likeness (QED) is 0.679. The fourth-order valence-electron chi connectivity index (χ4n) is 3.02. The molecule has 1 atom stereocenters. The molecule has 1 unspecified atom stereocenters. The minimum absolute atomic E-state index is 0.0152. The van der Waals surface area contributed by atoms with Crippen molar-refractivity contribution in [3.63, 3.8) is 0 Å². The van der Waals surface area contributed by atoms with Crippen molar-refractivity contribution in [1.82, 2.24) is 0 Å². The lowest BCUT2D eigenvalue weighted by Gasteiger charge is -2.23. The van der Waals surface area contributed by atoms with Crippen LogP contribution in [0.2, 0.25) is 0 Å². The number of anilines is 1. The zero-order chi connectivity index (χ0) is 14.8. The monoisotopic (exact) mass is 281 g/mol. The fourth-order valence-corrected chi connectivity index (χ4v) is 3.02. The Morgan fingerprint density at radius 1 is 1.14 bits per heavy atom. The van der Waals surface area contributed by atoms with Crippen LogP contribution in [-0.4, -0.2) is 13.1 Å². The molecule has 0 spiro atoms. The van der Waals surface area contributed by atoms with Gasteiger partial charge in [-0.3, -0.25) is 4.79 Å². The summed E-state index contributed by atoms with van der Waals surface area (Å²) in [5.74, 6) is -0.117. The Kier molecular flexibility index (Phi) is 3.65. The Bertz CT molecular complexity index is 679. The first-order chi connectivity index (χ1) is 10.2. The van der Waals surface area contributed by atoms with Gasteiger partial charge >= 0.3 is 5.97 Å². The van der Waals surface area contributed by atoms with Gasteiger partial charge < -0.3 is 10.5 Å². The van der Waals surface area contributed by atoms with Gasteiger partial charge in [-0.1, -0.05) is 30.3 Å². The number of nitrogen functional groups attached to an aromatic ring is 1. The summed E-state index contributed by atoms with van der Waals surface area (Å²) in [6.07, 6.45) is 2.57. The number of rotatable bonds is 2. The van der Waals surface area contributed by atoms with Crippen LogP contribution in [-0.2, 0) is 22.4 Å². The molecule has 1 aliphatic carbocycles. The number of carbonyl (C=O) groups is 1. The smallest absolute Gasteiger partial charge is 0.309 e. The molecule has 2 aromatic rings. The summed E-state index contributed by atoms with van der Waals surface area (Å²) in [5.41, 5.74) is 11.5. The van der Waals surface area contributed by atoms with Gasteiger partial charge in [-0.2, -0.15) is 0 Å². The fraction of sp³-hybridized carbons (Fsp3) is 0.278. The Morgan fingerprint density at radius 3 is 2.71 bits per heavy atom. The van der Waals surface area contributed by atoms with Gasteiger partial charge in [0.25, 0.3) is 0 Å². The van der Waals surface area contributed by atoms with Gasteiger partial charge in [0.05, 0.1) is 13.0 Å². The molecule has 2 aromatic carbocycles. The van der Waals surface area contributed by atoms with Crippen molar-refractivity contribution in [3.8, 4) is 11.1 Å². The molecule has 0 aromatic heterocycles. The molecule has 0 aliphatic heterocycles. The Balaban J connectivity index is 1.92. The molecule has 0 radical (unpaired) electrons. The van der Waals surface area contributed by atoms with Crippen molar-refractivity contribution < 1.29 is 9.53 Å². The molecule has 3 rings (SSSR count). The molecule has 0 saturated carbocycles. The number of hydrogen-bond acceptors (Lipinski definition) is 3. The third kappa shape index (κ3) is 2.77. The maximum absolute atomic E-state index is 11.7. The first-order valence-corrected chi connectivity index (χ1v) is 7.23. The topological polar surface area (TPSA) is 52.3 Å². The van der Waals surface area contributed by atoms with E-state index < -0.39 is 0 Å². The van der Waals surface area contributed by atoms with Crippen LogP contribution < -0.4 is 5.73 Å². The predicted octanol–water partition coefficient (Wildman–Crippen LogP) is 3.21. The van der Waals surface area contributed by atoms with Crippen LogP contribution in [0.1, 0.15) is 17.5 Å². The highest BCUT2D eigenvalue weighted by molar-refractivity contribution is 5.74. The third-order valence-corrected chi connectivity index (χ3v) is 4.19. The Morgan fingerprint density at radius 2 is 1.95 bits per heavy atom. The highest BCUT2D eigenvalue weighted by Gasteiger charge is 2.25. The minimum atomic E-state index is -0.102. The number of benzene rings is 2. The second kappa shape index (κ2) is 5.60. The molecule has 2 N–H and O–H groups in total. The number of fused-ring (bicyclic) bond motifs is 1. The lowest BCUT2D eigenvalue weighted by atomic mass is 9.82. The van der Waals surface area contributed by atoms with Gasteiger partial charge in [0.15, 0.2) is 0 Å². The van der Waals surface area contributed by atoms with Crippen molar-refractivity contribution in [2.45, 2.75) is 19.3 Å². The number of nitrogens with two attached hydrogens (primary N) is 1. The van der Waals surface area contributed by atoms with Gasteiger partial charge in [-0.05, 0) is 53.6 Å². The van der Waals surface area contributed by atoms with E-state index >= 15 is 0 Å². The molecule has 0 saturated heterocycles. The average molecular weight is 281 g/mol. The first-order valence-electron chi connectivity index (χ1n) is 7.23. The number of carbonyl (C=O) groups excluding carboxylic acids is 1. The summed E-state index contributed by atoms with van der Waals surface area (Å²) < 4.78 is 4.88. The molecular formula is C18H19NO2. The summed E-state index contributed by atoms with van der Waals surface area (Å²) in [4.78, 5) is 11.7. The maximum Gasteiger partial charge on any atom is 0.309 e. The summed E-state index contributed by atoms with van der Waals surface area (Å²) in [5, 5.41) is 0. The van der Waals surface area contributed by atoms with Gasteiger partial charge in [0.2, 0.25) is 0 Å². The summed E-state index contributed by atoms with van der Waals surface area (Å²) in [6, 6.07) is 14.4. The molecule has 3 nitrogen and oxygen atoms in total. The molecule has 0 heterocycles. The van der Waals surface area contributed by atoms with E-state index in [1.165, 1.54) is 18.2 Å². The van der Waals surface area contributed by atoms with E-state index in [-0.39, 0.29) is 11.9 Å². The van der Waals surface area contributed by atoms with Crippen LogP contribution in [0.15, 0.2) is 42.5 Å². The standard InChI is InChI=1S/C18H19NO2/c1-21-18(20)15-8-6-12-5-7-14(9-16(12)10-15)13-3-2-4-17(19)11-13/h2-5,7,9,11,15H,6,8,10,19H2,1H3. The van der Waals surface area contributed by atoms with E-state index in [9.17, 15) is 4.79 Å². The van der Waals surface area contributed by atoms with Crippen LogP contribution in [0.25, 0.3) is 11.1 Å². The van der Waals surface area contributed by atoms with Crippen LogP contribution in [0, 0.1) is 5.92 Å². The minimum Gasteiger partial charge on any atom is -0.469 e. The molecule has 3 heteroatoms. The molecular weight excluding hydrogens is 262 g/mol. The second-order valence-corrected chi connectivity index (χ2v) is 5.57. The lowest BCUT2D eigenvalue weighted by molar-refractivity contribution is -0.145. The highest BCUT2D eigenvalue weighted by Crippen LogP contribution is 2.31. The van der Waals surface area contributed by atoms with Crippen molar-refractivity contribution in [2.75, 3.05) is 12.8 Å². The second-order valence-electron chi connectivity index (χ2n) is 5.57. The van der Waals surface area contributed by atoms with Crippen LogP contribution in [0.3, 0.4) is 0 Å². The SMILES string of the molecule is COC(=O)C1CCc2ccc(-c3cccc(N)c3)cc2C1. The molecule has 0 bridgehead atoms. The molecule has 0 fully saturated rings. The molecule has 1 aliphatic rings. The normalized spacial score (nSPS) is 17.1. The van der Waals surface area contributed by atoms with Crippen molar-refractivity contribution in [2.24, 2.45) is 5.92 Å². The van der Waals surface area contributed by atoms with E-state index in [2.05, 4.69) is 24.3 Å². The van der Waals surface area contributed by atoms with Crippen LogP contribution in [0.5, 0.6) is 0 Å². The average Bonchev–Trinajstić information content (AvgIpc) is 2.53. The first kappa shape index (κ1) is 13.7. The third-order valence-electron chi connectivity index (χ3n) is 4.19. The summed E-state index contributed by atoms with van der Waals surface area (Å²) in [7, 11) is 1.46.